The molecule has 0 saturated carbocycles. The van der Waals surface area contributed by atoms with Crippen molar-refractivity contribution in [3.8, 4) is 16.3 Å². The number of likely N-dealkylation sites (tertiary alicyclic amines) is 2. The lowest BCUT2D eigenvalue weighted by Crippen LogP contribution is -2.62. The second kappa shape index (κ2) is 11.7. The zero-order chi connectivity index (χ0) is 28.3. The molecule has 2 aliphatic heterocycles. The lowest BCUT2D eigenvalue weighted by Gasteiger charge is -2.53. The molecule has 0 N–H and O–H groups in total. The van der Waals surface area contributed by atoms with Crippen LogP contribution < -0.4 is 4.74 Å². The van der Waals surface area contributed by atoms with E-state index in [1.54, 1.807) is 6.92 Å². The summed E-state index contributed by atoms with van der Waals surface area (Å²) in [5.41, 5.74) is 1.56. The summed E-state index contributed by atoms with van der Waals surface area (Å²) < 4.78 is 16.7. The molecule has 2 saturated heterocycles. The SMILES string of the molecule is CCOC(=O)Cc1csc(-c2ccc3ccc(OCCN4CCC5(CC4)CN(C(=O)OC(C)(C)C)C5)cc3c2)n1. The van der Waals surface area contributed by atoms with Crippen molar-refractivity contribution in [2.45, 2.75) is 52.6 Å². The summed E-state index contributed by atoms with van der Waals surface area (Å²) in [6, 6.07) is 12.5. The second-order valence-corrected chi connectivity index (χ2v) is 12.7. The van der Waals surface area contributed by atoms with E-state index in [1.807, 2.05) is 37.1 Å². The highest BCUT2D eigenvalue weighted by Crippen LogP contribution is 2.41. The van der Waals surface area contributed by atoms with Gasteiger partial charge in [-0.25, -0.2) is 9.78 Å². The predicted octanol–water partition coefficient (Wildman–Crippen LogP) is 5.78. The molecule has 0 unspecified atom stereocenters. The van der Waals surface area contributed by atoms with Crippen molar-refractivity contribution in [1.82, 2.24) is 14.8 Å². The maximum absolute atomic E-state index is 12.3. The van der Waals surface area contributed by atoms with Gasteiger partial charge in [0.1, 0.15) is 23.0 Å². The number of amides is 1. The molecule has 3 heterocycles. The number of benzene rings is 2. The van der Waals surface area contributed by atoms with Crippen LogP contribution in [0.3, 0.4) is 0 Å². The van der Waals surface area contributed by atoms with Gasteiger partial charge in [-0.1, -0.05) is 18.2 Å². The molecule has 3 aromatic rings. The van der Waals surface area contributed by atoms with E-state index in [2.05, 4.69) is 40.2 Å². The first-order valence-corrected chi connectivity index (χ1v) is 15.0. The van der Waals surface area contributed by atoms with Gasteiger partial charge in [0.2, 0.25) is 0 Å². The van der Waals surface area contributed by atoms with E-state index >= 15 is 0 Å². The summed E-state index contributed by atoms with van der Waals surface area (Å²) in [6.07, 6.45) is 2.20. The van der Waals surface area contributed by atoms with Gasteiger partial charge in [-0.15, -0.1) is 11.3 Å². The second-order valence-electron chi connectivity index (χ2n) is 11.9. The Bertz CT molecular complexity index is 1350. The van der Waals surface area contributed by atoms with Crippen LogP contribution in [-0.4, -0.2) is 78.4 Å². The number of piperidine rings is 1. The number of carbonyl (C=O) groups is 2. The molecule has 0 radical (unpaired) electrons. The quantitative estimate of drug-likeness (QED) is 0.320. The van der Waals surface area contributed by atoms with Crippen LogP contribution in [0.25, 0.3) is 21.3 Å². The minimum Gasteiger partial charge on any atom is -0.492 e. The van der Waals surface area contributed by atoms with E-state index < -0.39 is 5.60 Å². The highest BCUT2D eigenvalue weighted by molar-refractivity contribution is 7.13. The largest absolute Gasteiger partial charge is 0.492 e. The Hall–Kier alpha value is -3.17. The molecule has 9 heteroatoms. The van der Waals surface area contributed by atoms with Crippen molar-refractivity contribution < 1.29 is 23.8 Å². The molecule has 2 aliphatic rings. The first kappa shape index (κ1) is 28.4. The van der Waals surface area contributed by atoms with Gasteiger partial charge in [-0.2, -0.15) is 0 Å². The molecule has 2 fully saturated rings. The fourth-order valence-corrected chi connectivity index (χ4v) is 6.22. The summed E-state index contributed by atoms with van der Waals surface area (Å²) in [6.45, 7) is 13.1. The molecule has 0 bridgehead atoms. The number of hydrogen-bond donors (Lipinski definition) is 0. The highest BCUT2D eigenvalue weighted by atomic mass is 32.1. The van der Waals surface area contributed by atoms with Crippen LogP contribution in [0, 0.1) is 5.41 Å². The molecule has 2 aromatic carbocycles. The molecule has 40 heavy (non-hydrogen) atoms. The van der Waals surface area contributed by atoms with Crippen LogP contribution >= 0.6 is 11.3 Å². The Morgan fingerprint density at radius 1 is 1.05 bits per heavy atom. The van der Waals surface area contributed by atoms with Crippen molar-refractivity contribution in [2.24, 2.45) is 5.41 Å². The van der Waals surface area contributed by atoms with E-state index in [0.29, 0.717) is 13.2 Å². The smallest absolute Gasteiger partial charge is 0.410 e. The summed E-state index contributed by atoms with van der Waals surface area (Å²) in [5, 5.41) is 5.04. The molecular weight excluding hydrogens is 526 g/mol. The average molecular weight is 566 g/mol. The van der Waals surface area contributed by atoms with Crippen molar-refractivity contribution in [1.29, 1.82) is 0 Å². The first-order chi connectivity index (χ1) is 19.1. The van der Waals surface area contributed by atoms with E-state index in [4.69, 9.17) is 14.2 Å². The van der Waals surface area contributed by atoms with Gasteiger partial charge in [0.05, 0.1) is 18.7 Å². The van der Waals surface area contributed by atoms with Crippen LogP contribution in [0.1, 0.15) is 46.2 Å². The molecule has 0 aliphatic carbocycles. The third kappa shape index (κ3) is 6.93. The van der Waals surface area contributed by atoms with Gasteiger partial charge in [0.15, 0.2) is 0 Å². The standard InChI is InChI=1S/C31H39N3O5S/c1-5-37-27(35)18-25-19-40-28(32-25)23-7-6-22-8-9-26(17-24(22)16-23)38-15-14-33-12-10-31(11-13-33)20-34(21-31)29(36)39-30(2,3)4/h6-9,16-17,19H,5,10-15,18,20-21H2,1-4H3. The van der Waals surface area contributed by atoms with Gasteiger partial charge in [0, 0.05) is 36.0 Å². The number of rotatable bonds is 8. The van der Waals surface area contributed by atoms with Crippen molar-refractivity contribution in [3.05, 3.63) is 47.5 Å². The fourth-order valence-electron chi connectivity index (χ4n) is 5.41. The van der Waals surface area contributed by atoms with Gasteiger partial charge in [0.25, 0.3) is 0 Å². The Balaban J connectivity index is 1.10. The summed E-state index contributed by atoms with van der Waals surface area (Å²) in [4.78, 5) is 33.0. The molecule has 1 spiro atoms. The lowest BCUT2D eigenvalue weighted by atomic mass is 9.72. The third-order valence-corrected chi connectivity index (χ3v) is 8.48. The Morgan fingerprint density at radius 3 is 2.52 bits per heavy atom. The zero-order valence-corrected chi connectivity index (χ0v) is 24.7. The van der Waals surface area contributed by atoms with Crippen LogP contribution in [0.15, 0.2) is 41.8 Å². The summed E-state index contributed by atoms with van der Waals surface area (Å²) in [5.74, 6) is 0.601. The minimum absolute atomic E-state index is 0.193. The first-order valence-electron chi connectivity index (χ1n) is 14.1. The third-order valence-electron chi connectivity index (χ3n) is 7.54. The zero-order valence-electron chi connectivity index (χ0n) is 23.9. The molecule has 1 amide bonds. The molecular formula is C31H39N3O5S. The van der Waals surface area contributed by atoms with E-state index in [0.717, 1.165) is 78.4 Å². The predicted molar refractivity (Wildman–Crippen MR) is 157 cm³/mol. The normalized spacial score (nSPS) is 17.1. The van der Waals surface area contributed by atoms with Crippen LogP contribution in [-0.2, 0) is 20.7 Å². The van der Waals surface area contributed by atoms with Gasteiger partial charge in [-0.3, -0.25) is 9.69 Å². The number of esters is 1. The minimum atomic E-state index is -0.450. The van der Waals surface area contributed by atoms with Crippen molar-refractivity contribution in [2.75, 3.05) is 45.9 Å². The van der Waals surface area contributed by atoms with Crippen LogP contribution in [0.4, 0.5) is 4.79 Å². The monoisotopic (exact) mass is 565 g/mol. The number of thiazole rings is 1. The van der Waals surface area contributed by atoms with Gasteiger partial charge in [-0.05, 0) is 82.6 Å². The molecule has 5 rings (SSSR count). The maximum Gasteiger partial charge on any atom is 0.410 e. The van der Waals surface area contributed by atoms with E-state index in [9.17, 15) is 9.59 Å². The Kier molecular flexibility index (Phi) is 8.33. The summed E-state index contributed by atoms with van der Waals surface area (Å²) >= 11 is 1.53. The number of fused-ring (bicyclic) bond motifs is 1. The van der Waals surface area contributed by atoms with Crippen LogP contribution in [0.5, 0.6) is 5.75 Å². The molecule has 8 nitrogen and oxygen atoms in total. The number of nitrogens with zero attached hydrogens (tertiary/aromatic N) is 3. The van der Waals surface area contributed by atoms with Crippen LogP contribution in [0.2, 0.25) is 0 Å². The number of hydrogen-bond acceptors (Lipinski definition) is 8. The van der Waals surface area contributed by atoms with Crippen molar-refractivity contribution in [3.63, 3.8) is 0 Å². The highest BCUT2D eigenvalue weighted by Gasteiger charge is 2.47. The van der Waals surface area contributed by atoms with Gasteiger partial charge < -0.3 is 19.1 Å². The molecule has 214 valence electrons. The number of ether oxygens (including phenoxy) is 3. The molecule has 0 atom stereocenters. The van der Waals surface area contributed by atoms with Crippen molar-refractivity contribution >= 4 is 34.2 Å². The van der Waals surface area contributed by atoms with Gasteiger partial charge >= 0.3 is 12.1 Å². The average Bonchev–Trinajstić information content (AvgIpc) is 3.35. The topological polar surface area (TPSA) is 81.2 Å². The Labute approximate surface area is 240 Å². The lowest BCUT2D eigenvalue weighted by molar-refractivity contribution is -0.142. The fraction of sp³-hybridized carbons (Fsp3) is 0.516. The number of aromatic nitrogens is 1. The van der Waals surface area contributed by atoms with E-state index in [-0.39, 0.29) is 23.9 Å². The Morgan fingerprint density at radius 2 is 1.80 bits per heavy atom. The van der Waals surface area contributed by atoms with E-state index in [1.165, 1.54) is 11.3 Å². The molecule has 1 aromatic heterocycles. The summed E-state index contributed by atoms with van der Waals surface area (Å²) in [7, 11) is 0. The number of carbonyl (C=O) groups excluding carboxylic acids is 2. The maximum atomic E-state index is 12.3.